The molecule has 14 heavy (non-hydrogen) atoms. The molecule has 0 bridgehead atoms. The van der Waals surface area contributed by atoms with Gasteiger partial charge in [-0.05, 0) is 6.92 Å². The zero-order valence-corrected chi connectivity index (χ0v) is 8.31. The summed E-state index contributed by atoms with van der Waals surface area (Å²) in [5, 5.41) is 9.34. The Morgan fingerprint density at radius 1 is 1.50 bits per heavy atom. The van der Waals surface area contributed by atoms with Crippen LogP contribution in [0.4, 0.5) is 0 Å². The monoisotopic (exact) mass is 212 g/mol. The molecule has 5 nitrogen and oxygen atoms in total. The van der Waals surface area contributed by atoms with Crippen molar-refractivity contribution in [1.82, 2.24) is 19.5 Å². The second-order valence-electron chi connectivity index (χ2n) is 3.02. The molecule has 0 aliphatic rings. The summed E-state index contributed by atoms with van der Waals surface area (Å²) in [4.78, 5) is 12.0. The Labute approximate surface area is 85.4 Å². The molecule has 0 amide bonds. The van der Waals surface area contributed by atoms with Crippen molar-refractivity contribution in [3.8, 4) is 0 Å². The van der Waals surface area contributed by atoms with Crippen molar-refractivity contribution in [2.45, 2.75) is 13.0 Å². The minimum atomic E-state index is -0.0639. The van der Waals surface area contributed by atoms with Crippen LogP contribution < -0.4 is 0 Å². The van der Waals surface area contributed by atoms with Gasteiger partial charge in [-0.3, -0.25) is 0 Å². The number of fused-ring (bicyclic) bond motifs is 1. The SMILES string of the molecule is CC(CO)n1cnc2c(Cl)ncnc21. The first-order valence-electron chi connectivity index (χ1n) is 4.18. The van der Waals surface area contributed by atoms with E-state index in [-0.39, 0.29) is 12.6 Å². The molecule has 0 aliphatic carbocycles. The lowest BCUT2D eigenvalue weighted by atomic mass is 10.3. The molecule has 2 heterocycles. The van der Waals surface area contributed by atoms with Gasteiger partial charge in [0.25, 0.3) is 0 Å². The van der Waals surface area contributed by atoms with Crippen LogP contribution in [0.15, 0.2) is 12.7 Å². The van der Waals surface area contributed by atoms with Gasteiger partial charge in [0.1, 0.15) is 11.8 Å². The molecule has 2 rings (SSSR count). The van der Waals surface area contributed by atoms with E-state index in [1.54, 1.807) is 10.9 Å². The van der Waals surface area contributed by atoms with Gasteiger partial charge in [-0.15, -0.1) is 0 Å². The van der Waals surface area contributed by atoms with Crippen molar-refractivity contribution in [2.75, 3.05) is 6.61 Å². The second kappa shape index (κ2) is 3.51. The lowest BCUT2D eigenvalue weighted by Crippen LogP contribution is -2.08. The van der Waals surface area contributed by atoms with Gasteiger partial charge < -0.3 is 9.67 Å². The van der Waals surface area contributed by atoms with Crippen LogP contribution in [-0.2, 0) is 0 Å². The highest BCUT2D eigenvalue weighted by Gasteiger charge is 2.11. The lowest BCUT2D eigenvalue weighted by Gasteiger charge is -2.09. The highest BCUT2D eigenvalue weighted by molar-refractivity contribution is 6.33. The van der Waals surface area contributed by atoms with Crippen LogP contribution in [0.3, 0.4) is 0 Å². The summed E-state index contributed by atoms with van der Waals surface area (Å²) in [6.07, 6.45) is 2.99. The van der Waals surface area contributed by atoms with Crippen molar-refractivity contribution < 1.29 is 5.11 Å². The van der Waals surface area contributed by atoms with Gasteiger partial charge in [-0.1, -0.05) is 11.6 Å². The minimum absolute atomic E-state index is 0.0348. The number of halogens is 1. The van der Waals surface area contributed by atoms with E-state index in [9.17, 15) is 0 Å². The molecule has 1 N–H and O–H groups in total. The first-order chi connectivity index (χ1) is 6.74. The van der Waals surface area contributed by atoms with Crippen molar-refractivity contribution >= 4 is 22.8 Å². The predicted octanol–water partition coefficient (Wildman–Crippen LogP) is 1.03. The average Bonchev–Trinajstić information content (AvgIpc) is 2.62. The van der Waals surface area contributed by atoms with Crippen molar-refractivity contribution in [3.05, 3.63) is 17.8 Å². The Morgan fingerprint density at radius 2 is 2.29 bits per heavy atom. The summed E-state index contributed by atoms with van der Waals surface area (Å²) in [6.45, 7) is 1.91. The van der Waals surface area contributed by atoms with E-state index >= 15 is 0 Å². The molecule has 0 aliphatic heterocycles. The first-order valence-corrected chi connectivity index (χ1v) is 4.55. The average molecular weight is 213 g/mol. The van der Waals surface area contributed by atoms with E-state index in [2.05, 4.69) is 15.0 Å². The highest BCUT2D eigenvalue weighted by atomic mass is 35.5. The third-order valence-electron chi connectivity index (χ3n) is 2.05. The van der Waals surface area contributed by atoms with E-state index < -0.39 is 0 Å². The summed E-state index contributed by atoms with van der Waals surface area (Å²) < 4.78 is 1.77. The number of hydrogen-bond donors (Lipinski definition) is 1. The first kappa shape index (κ1) is 9.36. The standard InChI is InChI=1S/C8H9ClN4O/c1-5(2-14)13-4-12-6-7(9)10-3-11-8(6)13/h3-5,14H,2H2,1H3. The molecule has 2 aromatic heterocycles. The third kappa shape index (κ3) is 1.34. The van der Waals surface area contributed by atoms with Gasteiger partial charge in [0.15, 0.2) is 10.8 Å². The van der Waals surface area contributed by atoms with E-state index in [1.165, 1.54) is 6.33 Å². The number of imidazole rings is 1. The largest absolute Gasteiger partial charge is 0.394 e. The maximum absolute atomic E-state index is 9.01. The van der Waals surface area contributed by atoms with Crippen LogP contribution in [0.2, 0.25) is 5.15 Å². The zero-order valence-electron chi connectivity index (χ0n) is 7.55. The van der Waals surface area contributed by atoms with Crippen molar-refractivity contribution in [3.63, 3.8) is 0 Å². The summed E-state index contributed by atoms with van der Waals surface area (Å²) in [5.41, 5.74) is 1.21. The molecule has 6 heteroatoms. The van der Waals surface area contributed by atoms with E-state index in [1.807, 2.05) is 6.92 Å². The molecule has 2 aromatic rings. The predicted molar refractivity (Wildman–Crippen MR) is 52.1 cm³/mol. The number of rotatable bonds is 2. The van der Waals surface area contributed by atoms with Crippen molar-refractivity contribution in [1.29, 1.82) is 0 Å². The normalized spacial score (nSPS) is 13.4. The lowest BCUT2D eigenvalue weighted by molar-refractivity contribution is 0.241. The van der Waals surface area contributed by atoms with Crippen LogP contribution in [0.1, 0.15) is 13.0 Å². The molecule has 0 radical (unpaired) electrons. The minimum Gasteiger partial charge on any atom is -0.394 e. The topological polar surface area (TPSA) is 63.8 Å². The van der Waals surface area contributed by atoms with Gasteiger partial charge in [0, 0.05) is 0 Å². The zero-order chi connectivity index (χ0) is 10.1. The van der Waals surface area contributed by atoms with Crippen LogP contribution in [0, 0.1) is 0 Å². The highest BCUT2D eigenvalue weighted by Crippen LogP contribution is 2.19. The number of aromatic nitrogens is 4. The second-order valence-corrected chi connectivity index (χ2v) is 3.38. The molecule has 0 saturated carbocycles. The molecule has 74 valence electrons. The Morgan fingerprint density at radius 3 is 3.00 bits per heavy atom. The van der Waals surface area contributed by atoms with Gasteiger partial charge in [-0.2, -0.15) is 0 Å². The Balaban J connectivity index is 2.63. The summed E-state index contributed by atoms with van der Waals surface area (Å²) in [5.74, 6) is 0. The molecular weight excluding hydrogens is 204 g/mol. The van der Waals surface area contributed by atoms with Crippen LogP contribution in [-0.4, -0.2) is 31.2 Å². The fourth-order valence-corrected chi connectivity index (χ4v) is 1.41. The third-order valence-corrected chi connectivity index (χ3v) is 2.33. The maximum atomic E-state index is 9.01. The smallest absolute Gasteiger partial charge is 0.165 e. The fraction of sp³-hybridized carbons (Fsp3) is 0.375. The van der Waals surface area contributed by atoms with E-state index in [0.29, 0.717) is 16.3 Å². The van der Waals surface area contributed by atoms with Crippen LogP contribution in [0.5, 0.6) is 0 Å². The molecule has 0 saturated heterocycles. The van der Waals surface area contributed by atoms with Gasteiger partial charge in [-0.25, -0.2) is 15.0 Å². The molecule has 1 atom stereocenters. The maximum Gasteiger partial charge on any atom is 0.165 e. The number of aliphatic hydroxyl groups excluding tert-OH is 1. The number of hydrogen-bond acceptors (Lipinski definition) is 4. The fourth-order valence-electron chi connectivity index (χ4n) is 1.23. The Hall–Kier alpha value is -1.20. The molecule has 0 fully saturated rings. The number of aliphatic hydroxyl groups is 1. The van der Waals surface area contributed by atoms with Crippen LogP contribution in [0.25, 0.3) is 11.2 Å². The molecule has 0 spiro atoms. The van der Waals surface area contributed by atoms with Crippen LogP contribution >= 0.6 is 11.6 Å². The van der Waals surface area contributed by atoms with E-state index in [0.717, 1.165) is 0 Å². The van der Waals surface area contributed by atoms with Gasteiger partial charge >= 0.3 is 0 Å². The summed E-state index contributed by atoms with van der Waals surface area (Å²) in [6, 6.07) is -0.0639. The number of nitrogens with zero attached hydrogens (tertiary/aromatic N) is 4. The van der Waals surface area contributed by atoms with Crippen molar-refractivity contribution in [2.24, 2.45) is 0 Å². The summed E-state index contributed by atoms with van der Waals surface area (Å²) in [7, 11) is 0. The Kier molecular flexibility index (Phi) is 2.35. The van der Waals surface area contributed by atoms with Gasteiger partial charge in [0.2, 0.25) is 0 Å². The molecule has 0 aromatic carbocycles. The van der Waals surface area contributed by atoms with Gasteiger partial charge in [0.05, 0.1) is 19.0 Å². The molecular formula is C8H9ClN4O. The van der Waals surface area contributed by atoms with E-state index in [4.69, 9.17) is 16.7 Å². The Bertz CT molecular complexity index is 456. The quantitative estimate of drug-likeness (QED) is 0.756. The summed E-state index contributed by atoms with van der Waals surface area (Å²) >= 11 is 5.83. The molecule has 1 unspecified atom stereocenters.